The van der Waals surface area contributed by atoms with Crippen LogP contribution in [0.2, 0.25) is 0 Å². The van der Waals surface area contributed by atoms with Crippen molar-refractivity contribution in [2.45, 2.75) is 6.92 Å². The number of benzene rings is 1. The number of rotatable bonds is 3. The van der Waals surface area contributed by atoms with Crippen molar-refractivity contribution in [3.63, 3.8) is 0 Å². The summed E-state index contributed by atoms with van der Waals surface area (Å²) in [6.45, 7) is 2.24. The molecule has 0 fully saturated rings. The predicted molar refractivity (Wildman–Crippen MR) is 57.8 cm³/mol. The Hall–Kier alpha value is -1.85. The molecule has 0 saturated carbocycles. The second kappa shape index (κ2) is 4.78. The van der Waals surface area contributed by atoms with E-state index >= 15 is 0 Å². The van der Waals surface area contributed by atoms with Crippen LogP contribution < -0.4 is 10.6 Å². The highest BCUT2D eigenvalue weighted by molar-refractivity contribution is 5.97. The van der Waals surface area contributed by atoms with Crippen molar-refractivity contribution in [2.75, 3.05) is 18.5 Å². The maximum Gasteiger partial charge on any atom is 0.170 e. The third-order valence-corrected chi connectivity index (χ3v) is 2.28. The molecule has 0 saturated heterocycles. The van der Waals surface area contributed by atoms with E-state index in [9.17, 15) is 8.78 Å². The van der Waals surface area contributed by atoms with Gasteiger partial charge in [0.15, 0.2) is 5.84 Å². The van der Waals surface area contributed by atoms with E-state index in [1.54, 1.807) is 14.0 Å². The zero-order valence-electron chi connectivity index (χ0n) is 9.04. The summed E-state index contributed by atoms with van der Waals surface area (Å²) in [6, 6.07) is 2.05. The molecule has 6 heteroatoms. The highest BCUT2D eigenvalue weighted by Gasteiger charge is 2.15. The average Bonchev–Trinajstić information content (AvgIpc) is 2.26. The molecule has 0 aliphatic carbocycles. The maximum atomic E-state index is 13.6. The SMILES string of the molecule is CCN(C)c1c(F)cc(C(N)=NO)cc1F. The topological polar surface area (TPSA) is 61.8 Å². The van der Waals surface area contributed by atoms with Gasteiger partial charge in [-0.2, -0.15) is 0 Å². The van der Waals surface area contributed by atoms with Crippen molar-refractivity contribution in [1.29, 1.82) is 0 Å². The van der Waals surface area contributed by atoms with Crippen molar-refractivity contribution < 1.29 is 14.0 Å². The van der Waals surface area contributed by atoms with Crippen molar-refractivity contribution in [3.8, 4) is 0 Å². The quantitative estimate of drug-likeness (QED) is 0.357. The van der Waals surface area contributed by atoms with E-state index < -0.39 is 11.6 Å². The van der Waals surface area contributed by atoms with Gasteiger partial charge in [-0.3, -0.25) is 0 Å². The zero-order chi connectivity index (χ0) is 12.3. The molecule has 0 bridgehead atoms. The first-order valence-corrected chi connectivity index (χ1v) is 4.69. The molecule has 0 spiro atoms. The van der Waals surface area contributed by atoms with Gasteiger partial charge in [0.25, 0.3) is 0 Å². The van der Waals surface area contributed by atoms with Crippen molar-refractivity contribution >= 4 is 11.5 Å². The second-order valence-corrected chi connectivity index (χ2v) is 3.29. The summed E-state index contributed by atoms with van der Waals surface area (Å²) in [5.74, 6) is -1.82. The van der Waals surface area contributed by atoms with Gasteiger partial charge in [0.05, 0.1) is 0 Å². The number of hydrogen-bond donors (Lipinski definition) is 2. The van der Waals surface area contributed by atoms with Crippen molar-refractivity contribution in [3.05, 3.63) is 29.3 Å². The fraction of sp³-hybridized carbons (Fsp3) is 0.300. The van der Waals surface area contributed by atoms with Gasteiger partial charge in [-0.1, -0.05) is 5.16 Å². The Balaban J connectivity index is 3.28. The zero-order valence-corrected chi connectivity index (χ0v) is 9.04. The number of amidine groups is 1. The summed E-state index contributed by atoms with van der Waals surface area (Å²) in [4.78, 5) is 1.43. The van der Waals surface area contributed by atoms with Crippen LogP contribution in [0.4, 0.5) is 14.5 Å². The molecule has 0 heterocycles. The molecule has 1 aromatic rings. The predicted octanol–water partition coefficient (Wildman–Crippen LogP) is 1.52. The monoisotopic (exact) mass is 229 g/mol. The van der Waals surface area contributed by atoms with Crippen LogP contribution in [-0.4, -0.2) is 24.6 Å². The summed E-state index contributed by atoms with van der Waals surface area (Å²) >= 11 is 0. The molecule has 0 aromatic heterocycles. The molecule has 1 rings (SSSR count). The van der Waals surface area contributed by atoms with Crippen LogP contribution in [0.15, 0.2) is 17.3 Å². The van der Waals surface area contributed by atoms with Crippen LogP contribution in [-0.2, 0) is 0 Å². The van der Waals surface area contributed by atoms with Crippen LogP contribution in [0, 0.1) is 11.6 Å². The Morgan fingerprint density at radius 3 is 2.31 bits per heavy atom. The molecule has 88 valence electrons. The Morgan fingerprint density at radius 2 is 1.94 bits per heavy atom. The fourth-order valence-electron chi connectivity index (χ4n) is 1.29. The minimum atomic E-state index is -0.744. The lowest BCUT2D eigenvalue weighted by Gasteiger charge is -2.18. The first-order valence-electron chi connectivity index (χ1n) is 4.69. The fourth-order valence-corrected chi connectivity index (χ4v) is 1.29. The number of oxime groups is 1. The van der Waals surface area contributed by atoms with E-state index in [1.807, 2.05) is 0 Å². The van der Waals surface area contributed by atoms with Crippen LogP contribution in [0.3, 0.4) is 0 Å². The molecule has 0 aliphatic heterocycles. The number of nitrogens with two attached hydrogens (primary N) is 1. The number of anilines is 1. The standard InChI is InChI=1S/C10H13F2N3O/c1-3-15(2)9-7(11)4-6(5-8(9)12)10(13)14-16/h4-5,16H,3H2,1-2H3,(H2,13,14). The van der Waals surface area contributed by atoms with Gasteiger partial charge in [0, 0.05) is 19.2 Å². The molecule has 0 radical (unpaired) electrons. The first kappa shape index (κ1) is 12.2. The normalized spacial score (nSPS) is 11.6. The Morgan fingerprint density at radius 1 is 1.44 bits per heavy atom. The lowest BCUT2D eigenvalue weighted by atomic mass is 10.1. The molecular weight excluding hydrogens is 216 g/mol. The maximum absolute atomic E-state index is 13.6. The third kappa shape index (κ3) is 2.21. The lowest BCUT2D eigenvalue weighted by Crippen LogP contribution is -2.20. The van der Waals surface area contributed by atoms with E-state index in [2.05, 4.69) is 5.16 Å². The molecule has 1 aromatic carbocycles. The van der Waals surface area contributed by atoms with Gasteiger partial charge in [-0.25, -0.2) is 8.78 Å². The van der Waals surface area contributed by atoms with Crippen LogP contribution in [0.5, 0.6) is 0 Å². The van der Waals surface area contributed by atoms with Gasteiger partial charge in [0.2, 0.25) is 0 Å². The summed E-state index contributed by atoms with van der Waals surface area (Å²) < 4.78 is 27.1. The van der Waals surface area contributed by atoms with Crippen molar-refractivity contribution in [2.24, 2.45) is 10.9 Å². The van der Waals surface area contributed by atoms with E-state index in [-0.39, 0.29) is 17.1 Å². The average molecular weight is 229 g/mol. The molecular formula is C10H13F2N3O. The van der Waals surface area contributed by atoms with Gasteiger partial charge in [-0.05, 0) is 19.1 Å². The van der Waals surface area contributed by atoms with Gasteiger partial charge >= 0.3 is 0 Å². The first-order chi connectivity index (χ1) is 7.51. The second-order valence-electron chi connectivity index (χ2n) is 3.29. The Labute approximate surface area is 92.0 Å². The number of hydrogen-bond acceptors (Lipinski definition) is 3. The van der Waals surface area contributed by atoms with Gasteiger partial charge < -0.3 is 15.8 Å². The molecule has 3 N–H and O–H groups in total. The third-order valence-electron chi connectivity index (χ3n) is 2.28. The minimum absolute atomic E-state index is 0.00533. The van der Waals surface area contributed by atoms with E-state index in [0.717, 1.165) is 12.1 Å². The highest BCUT2D eigenvalue weighted by atomic mass is 19.1. The summed E-state index contributed by atoms with van der Waals surface area (Å²) in [5.41, 5.74) is 5.12. The molecule has 4 nitrogen and oxygen atoms in total. The van der Waals surface area contributed by atoms with Crippen LogP contribution >= 0.6 is 0 Å². The van der Waals surface area contributed by atoms with E-state index in [4.69, 9.17) is 10.9 Å². The van der Waals surface area contributed by atoms with Crippen LogP contribution in [0.25, 0.3) is 0 Å². The van der Waals surface area contributed by atoms with Crippen LogP contribution in [0.1, 0.15) is 12.5 Å². The van der Waals surface area contributed by atoms with Gasteiger partial charge in [-0.15, -0.1) is 0 Å². The Bertz CT molecular complexity index is 398. The summed E-state index contributed by atoms with van der Waals surface area (Å²) in [6.07, 6.45) is 0. The largest absolute Gasteiger partial charge is 0.409 e. The molecule has 0 unspecified atom stereocenters. The molecule has 0 atom stereocenters. The summed E-state index contributed by atoms with van der Waals surface area (Å²) in [7, 11) is 1.57. The molecule has 0 aliphatic rings. The van der Waals surface area contributed by atoms with E-state index in [1.165, 1.54) is 4.90 Å². The van der Waals surface area contributed by atoms with Crippen molar-refractivity contribution in [1.82, 2.24) is 0 Å². The number of nitrogens with zero attached hydrogens (tertiary/aromatic N) is 2. The smallest absolute Gasteiger partial charge is 0.170 e. The minimum Gasteiger partial charge on any atom is -0.409 e. The number of halogens is 2. The highest BCUT2D eigenvalue weighted by Crippen LogP contribution is 2.23. The van der Waals surface area contributed by atoms with Gasteiger partial charge in [0.1, 0.15) is 17.3 Å². The Kier molecular flexibility index (Phi) is 3.65. The summed E-state index contributed by atoms with van der Waals surface area (Å²) in [5, 5.41) is 11.1. The molecule has 0 amide bonds. The molecule has 16 heavy (non-hydrogen) atoms. The van der Waals surface area contributed by atoms with E-state index in [0.29, 0.717) is 6.54 Å². The lowest BCUT2D eigenvalue weighted by molar-refractivity contribution is 0.318.